The number of likely N-dealkylation sites (N-methyl/N-ethyl adjacent to an activating group) is 1. The maximum absolute atomic E-state index is 12.2. The van der Waals surface area contributed by atoms with Crippen molar-refractivity contribution in [3.63, 3.8) is 0 Å². The third-order valence-electron chi connectivity index (χ3n) is 3.39. The van der Waals surface area contributed by atoms with E-state index in [1.807, 2.05) is 13.3 Å². The van der Waals surface area contributed by atoms with Gasteiger partial charge in [0, 0.05) is 19.6 Å². The molecular formula is C11H19N3O2S. The van der Waals surface area contributed by atoms with E-state index >= 15 is 0 Å². The Morgan fingerprint density at radius 1 is 1.41 bits per heavy atom. The Balaban J connectivity index is 2.05. The first-order valence-electron chi connectivity index (χ1n) is 5.92. The Bertz CT molecular complexity index is 324. The van der Waals surface area contributed by atoms with Crippen LogP contribution in [0, 0.1) is 0 Å². The summed E-state index contributed by atoms with van der Waals surface area (Å²) in [7, 11) is 1.98. The number of thioether (sulfide) groups is 1. The quantitative estimate of drug-likeness (QED) is 0.732. The number of hydrogen-bond donors (Lipinski definition) is 1. The van der Waals surface area contributed by atoms with Crippen LogP contribution in [-0.4, -0.2) is 72.4 Å². The number of piperazine rings is 2. The zero-order chi connectivity index (χ0) is 12.4. The van der Waals surface area contributed by atoms with Crippen molar-refractivity contribution in [2.45, 2.75) is 18.5 Å². The van der Waals surface area contributed by atoms with Crippen LogP contribution < -0.4 is 5.32 Å². The molecule has 2 fully saturated rings. The first-order chi connectivity index (χ1) is 8.13. The highest BCUT2D eigenvalue weighted by Crippen LogP contribution is 2.17. The number of carbonyl (C=O) groups is 2. The van der Waals surface area contributed by atoms with E-state index in [-0.39, 0.29) is 23.9 Å². The number of amides is 2. The van der Waals surface area contributed by atoms with E-state index in [0.29, 0.717) is 13.1 Å². The van der Waals surface area contributed by atoms with Gasteiger partial charge in [0.2, 0.25) is 11.8 Å². The normalized spacial score (nSPS) is 30.1. The maximum atomic E-state index is 12.2. The summed E-state index contributed by atoms with van der Waals surface area (Å²) < 4.78 is 0. The van der Waals surface area contributed by atoms with Crippen molar-refractivity contribution >= 4 is 23.6 Å². The van der Waals surface area contributed by atoms with Crippen molar-refractivity contribution < 1.29 is 9.59 Å². The largest absolute Gasteiger partial charge is 0.342 e. The van der Waals surface area contributed by atoms with E-state index in [2.05, 4.69) is 10.2 Å². The van der Waals surface area contributed by atoms with Crippen LogP contribution in [0.5, 0.6) is 0 Å². The summed E-state index contributed by atoms with van der Waals surface area (Å²) >= 11 is 1.70. The molecule has 96 valence electrons. The summed E-state index contributed by atoms with van der Waals surface area (Å²) in [6.07, 6.45) is 2.73. The van der Waals surface area contributed by atoms with Gasteiger partial charge < -0.3 is 15.1 Å². The number of rotatable bonds is 3. The van der Waals surface area contributed by atoms with E-state index in [1.54, 1.807) is 16.7 Å². The van der Waals surface area contributed by atoms with E-state index in [9.17, 15) is 9.59 Å². The Kier molecular flexibility index (Phi) is 3.93. The molecule has 2 heterocycles. The fraction of sp³-hybridized carbons (Fsp3) is 0.818. The number of nitrogens with one attached hydrogen (secondary N) is 1. The lowest BCUT2D eigenvalue weighted by molar-refractivity contribution is -0.152. The second-order valence-electron chi connectivity index (χ2n) is 4.65. The van der Waals surface area contributed by atoms with Crippen LogP contribution in [0.1, 0.15) is 6.42 Å². The van der Waals surface area contributed by atoms with Crippen molar-refractivity contribution in [2.75, 3.05) is 38.7 Å². The average molecular weight is 257 g/mol. The molecule has 0 radical (unpaired) electrons. The highest BCUT2D eigenvalue weighted by Gasteiger charge is 2.42. The van der Waals surface area contributed by atoms with E-state index in [0.717, 1.165) is 18.7 Å². The molecule has 2 unspecified atom stereocenters. The zero-order valence-electron chi connectivity index (χ0n) is 10.3. The van der Waals surface area contributed by atoms with Crippen LogP contribution in [0.4, 0.5) is 0 Å². The minimum atomic E-state index is -0.311. The summed E-state index contributed by atoms with van der Waals surface area (Å²) in [5, 5.41) is 2.85. The number of carbonyl (C=O) groups excluding carboxylic acids is 2. The summed E-state index contributed by atoms with van der Waals surface area (Å²) in [5.74, 6) is 0.994. The van der Waals surface area contributed by atoms with Crippen molar-refractivity contribution in [1.82, 2.24) is 15.1 Å². The molecule has 5 nitrogen and oxygen atoms in total. The van der Waals surface area contributed by atoms with Crippen LogP contribution in [-0.2, 0) is 9.59 Å². The Hall–Kier alpha value is -0.750. The molecule has 2 amide bonds. The molecule has 0 aromatic rings. The van der Waals surface area contributed by atoms with Gasteiger partial charge in [-0.2, -0.15) is 11.8 Å². The maximum Gasteiger partial charge on any atom is 0.245 e. The van der Waals surface area contributed by atoms with Gasteiger partial charge in [0.1, 0.15) is 12.1 Å². The molecule has 2 saturated heterocycles. The predicted molar refractivity (Wildman–Crippen MR) is 67.9 cm³/mol. The molecule has 6 heteroatoms. The van der Waals surface area contributed by atoms with Gasteiger partial charge >= 0.3 is 0 Å². The fourth-order valence-corrected chi connectivity index (χ4v) is 2.84. The second-order valence-corrected chi connectivity index (χ2v) is 5.64. The number of nitrogens with zero attached hydrogens (tertiary/aromatic N) is 2. The predicted octanol–water partition coefficient (Wildman–Crippen LogP) is -0.619. The molecule has 0 aliphatic carbocycles. The summed E-state index contributed by atoms with van der Waals surface area (Å²) in [6.45, 7) is 2.17. The number of hydrogen-bond acceptors (Lipinski definition) is 4. The van der Waals surface area contributed by atoms with E-state index < -0.39 is 0 Å². The standard InChI is InChI=1S/C11H19N3O2S/c1-13-4-5-14-9(7-13)10(15)12-8(11(14)16)3-6-17-2/h8-9H,3-7H2,1-2H3,(H,12,15). The lowest BCUT2D eigenvalue weighted by atomic mass is 10.0. The van der Waals surface area contributed by atoms with Crippen LogP contribution >= 0.6 is 11.8 Å². The van der Waals surface area contributed by atoms with Gasteiger partial charge in [-0.3, -0.25) is 9.59 Å². The van der Waals surface area contributed by atoms with Gasteiger partial charge in [0.15, 0.2) is 0 Å². The average Bonchev–Trinajstić information content (AvgIpc) is 2.32. The minimum absolute atomic E-state index is 0.00209. The van der Waals surface area contributed by atoms with E-state index in [4.69, 9.17) is 0 Å². The first kappa shape index (κ1) is 12.7. The van der Waals surface area contributed by atoms with Crippen molar-refractivity contribution in [3.8, 4) is 0 Å². The molecule has 0 aromatic carbocycles. The Labute approximate surface area is 106 Å². The summed E-state index contributed by atoms with van der Waals surface area (Å²) in [4.78, 5) is 28.0. The molecule has 17 heavy (non-hydrogen) atoms. The molecule has 2 aliphatic heterocycles. The van der Waals surface area contributed by atoms with Gasteiger partial charge in [-0.1, -0.05) is 0 Å². The topological polar surface area (TPSA) is 52.7 Å². The molecule has 0 bridgehead atoms. The lowest BCUT2D eigenvalue weighted by Gasteiger charge is -2.44. The monoisotopic (exact) mass is 257 g/mol. The first-order valence-corrected chi connectivity index (χ1v) is 7.31. The third-order valence-corrected chi connectivity index (χ3v) is 4.04. The van der Waals surface area contributed by atoms with Crippen molar-refractivity contribution in [3.05, 3.63) is 0 Å². The summed E-state index contributed by atoms with van der Waals surface area (Å²) in [5.41, 5.74) is 0. The molecule has 0 saturated carbocycles. The molecule has 0 spiro atoms. The molecule has 2 aliphatic rings. The SMILES string of the molecule is CSCCC1NC(=O)C2CN(C)CCN2C1=O. The van der Waals surface area contributed by atoms with Crippen LogP contribution in [0.3, 0.4) is 0 Å². The zero-order valence-corrected chi connectivity index (χ0v) is 11.1. The fourth-order valence-electron chi connectivity index (χ4n) is 2.37. The van der Waals surface area contributed by atoms with Crippen LogP contribution in [0.15, 0.2) is 0 Å². The molecule has 1 N–H and O–H groups in total. The Morgan fingerprint density at radius 3 is 2.88 bits per heavy atom. The summed E-state index contributed by atoms with van der Waals surface area (Å²) in [6, 6.07) is -0.596. The Morgan fingerprint density at radius 2 is 2.18 bits per heavy atom. The van der Waals surface area contributed by atoms with Gasteiger partial charge in [0.25, 0.3) is 0 Å². The molecule has 2 atom stereocenters. The lowest BCUT2D eigenvalue weighted by Crippen LogP contribution is -2.68. The van der Waals surface area contributed by atoms with Crippen molar-refractivity contribution in [2.24, 2.45) is 0 Å². The van der Waals surface area contributed by atoms with Gasteiger partial charge in [-0.15, -0.1) is 0 Å². The van der Waals surface area contributed by atoms with Crippen LogP contribution in [0.25, 0.3) is 0 Å². The third kappa shape index (κ3) is 2.57. The molecule has 2 rings (SSSR count). The minimum Gasteiger partial charge on any atom is -0.342 e. The van der Waals surface area contributed by atoms with Crippen molar-refractivity contribution in [1.29, 1.82) is 0 Å². The smallest absolute Gasteiger partial charge is 0.245 e. The van der Waals surface area contributed by atoms with E-state index in [1.165, 1.54) is 0 Å². The molecule has 0 aromatic heterocycles. The highest BCUT2D eigenvalue weighted by molar-refractivity contribution is 7.98. The van der Waals surface area contributed by atoms with Gasteiger partial charge in [0.05, 0.1) is 0 Å². The second kappa shape index (κ2) is 5.27. The highest BCUT2D eigenvalue weighted by atomic mass is 32.2. The number of fused-ring (bicyclic) bond motifs is 1. The molecular weight excluding hydrogens is 238 g/mol. The van der Waals surface area contributed by atoms with Gasteiger partial charge in [-0.05, 0) is 25.5 Å². The van der Waals surface area contributed by atoms with Crippen LogP contribution in [0.2, 0.25) is 0 Å². The van der Waals surface area contributed by atoms with Gasteiger partial charge in [-0.25, -0.2) is 0 Å².